The summed E-state index contributed by atoms with van der Waals surface area (Å²) in [4.78, 5) is 23.8. The molecule has 8 nitrogen and oxygen atoms in total. The number of amides is 1. The zero-order valence-electron chi connectivity index (χ0n) is 16.6. The van der Waals surface area contributed by atoms with Crippen LogP contribution in [0.2, 0.25) is 0 Å². The minimum atomic E-state index is -3.69. The first-order valence-corrected chi connectivity index (χ1v) is 10.7. The van der Waals surface area contributed by atoms with Crippen molar-refractivity contribution in [3.8, 4) is 0 Å². The van der Waals surface area contributed by atoms with Gasteiger partial charge in [-0.25, -0.2) is 17.9 Å². The third kappa shape index (κ3) is 6.14. The molecule has 160 valence electrons. The van der Waals surface area contributed by atoms with E-state index in [0.717, 1.165) is 0 Å². The standard InChI is InChI=1S/C22H20N2O6S/c1-29-22(26)17-4-2-5-18(14-17)24-21(25)12-9-16-7-10-20(11-8-16)31(27,28)23-15-19-6-3-13-30-19/h2-14,23H,15H2,1H3,(H,24,25)/b12-9+. The second-order valence-corrected chi connectivity index (χ2v) is 8.13. The van der Waals surface area contributed by atoms with E-state index < -0.39 is 21.9 Å². The van der Waals surface area contributed by atoms with Crippen LogP contribution in [-0.4, -0.2) is 27.4 Å². The number of esters is 1. The lowest BCUT2D eigenvalue weighted by Gasteiger charge is -2.06. The Morgan fingerprint density at radius 3 is 2.52 bits per heavy atom. The highest BCUT2D eigenvalue weighted by molar-refractivity contribution is 7.89. The van der Waals surface area contributed by atoms with Gasteiger partial charge in [0.1, 0.15) is 5.76 Å². The number of methoxy groups -OCH3 is 1. The van der Waals surface area contributed by atoms with Crippen molar-refractivity contribution in [1.29, 1.82) is 0 Å². The van der Waals surface area contributed by atoms with Gasteiger partial charge in [-0.05, 0) is 54.1 Å². The molecule has 2 aromatic carbocycles. The molecule has 0 aliphatic carbocycles. The summed E-state index contributed by atoms with van der Waals surface area (Å²) < 4.78 is 36.9. The highest BCUT2D eigenvalue weighted by Crippen LogP contribution is 2.14. The summed E-state index contributed by atoms with van der Waals surface area (Å²) in [6.45, 7) is 0.0499. The molecular formula is C22H20N2O6S. The lowest BCUT2D eigenvalue weighted by molar-refractivity contribution is -0.111. The van der Waals surface area contributed by atoms with Gasteiger partial charge in [-0.3, -0.25) is 4.79 Å². The molecule has 0 atom stereocenters. The summed E-state index contributed by atoms with van der Waals surface area (Å²) in [5, 5.41) is 2.65. The average molecular weight is 440 g/mol. The van der Waals surface area contributed by atoms with Crippen LogP contribution in [0.3, 0.4) is 0 Å². The van der Waals surface area contributed by atoms with Gasteiger partial charge in [0.2, 0.25) is 15.9 Å². The predicted molar refractivity (Wildman–Crippen MR) is 115 cm³/mol. The Kier molecular flexibility index (Phi) is 7.01. The maximum Gasteiger partial charge on any atom is 0.337 e. The molecule has 0 unspecified atom stereocenters. The van der Waals surface area contributed by atoms with Gasteiger partial charge in [-0.15, -0.1) is 0 Å². The Hall–Kier alpha value is -3.69. The Morgan fingerprint density at radius 2 is 1.84 bits per heavy atom. The number of anilines is 1. The van der Waals surface area contributed by atoms with Crippen molar-refractivity contribution in [3.05, 3.63) is 89.9 Å². The van der Waals surface area contributed by atoms with Crippen LogP contribution < -0.4 is 10.0 Å². The first-order valence-electron chi connectivity index (χ1n) is 9.17. The number of carbonyl (C=O) groups excluding carboxylic acids is 2. The van der Waals surface area contributed by atoms with Crippen LogP contribution in [0.4, 0.5) is 5.69 Å². The first kappa shape index (κ1) is 22.0. The van der Waals surface area contributed by atoms with Crippen LogP contribution in [-0.2, 0) is 26.1 Å². The minimum absolute atomic E-state index is 0.0499. The number of rotatable bonds is 8. The van der Waals surface area contributed by atoms with Gasteiger partial charge in [0.25, 0.3) is 0 Å². The second-order valence-electron chi connectivity index (χ2n) is 6.37. The summed E-state index contributed by atoms with van der Waals surface area (Å²) in [7, 11) is -2.41. The third-order valence-corrected chi connectivity index (χ3v) is 5.60. The van der Waals surface area contributed by atoms with Crippen LogP contribution in [0.1, 0.15) is 21.7 Å². The van der Waals surface area contributed by atoms with E-state index in [4.69, 9.17) is 4.42 Å². The SMILES string of the molecule is COC(=O)c1cccc(NC(=O)/C=C/c2ccc(S(=O)(=O)NCc3ccco3)cc2)c1. The zero-order chi connectivity index (χ0) is 22.3. The number of sulfonamides is 1. The van der Waals surface area contributed by atoms with E-state index in [2.05, 4.69) is 14.8 Å². The maximum absolute atomic E-state index is 12.3. The monoisotopic (exact) mass is 440 g/mol. The quantitative estimate of drug-likeness (QED) is 0.411. The third-order valence-electron chi connectivity index (χ3n) is 4.19. The molecule has 3 rings (SSSR count). The first-order chi connectivity index (χ1) is 14.9. The number of furan rings is 1. The van der Waals surface area contributed by atoms with Crippen molar-refractivity contribution in [2.24, 2.45) is 0 Å². The molecule has 1 amide bonds. The van der Waals surface area contributed by atoms with E-state index in [-0.39, 0.29) is 11.4 Å². The molecule has 3 aromatic rings. The van der Waals surface area contributed by atoms with Crippen LogP contribution in [0.15, 0.2) is 82.3 Å². The summed E-state index contributed by atoms with van der Waals surface area (Å²) in [5.74, 6) is -0.398. The topological polar surface area (TPSA) is 115 Å². The minimum Gasteiger partial charge on any atom is -0.468 e. The fourth-order valence-corrected chi connectivity index (χ4v) is 3.61. The van der Waals surface area contributed by atoms with E-state index in [1.54, 1.807) is 48.5 Å². The van der Waals surface area contributed by atoms with Gasteiger partial charge in [0.15, 0.2) is 0 Å². The van der Waals surface area contributed by atoms with E-state index in [9.17, 15) is 18.0 Å². The molecule has 0 saturated heterocycles. The van der Waals surface area contributed by atoms with E-state index in [1.807, 2.05) is 0 Å². The van der Waals surface area contributed by atoms with Crippen molar-refractivity contribution in [3.63, 3.8) is 0 Å². The highest BCUT2D eigenvalue weighted by atomic mass is 32.2. The molecule has 0 spiro atoms. The Morgan fingerprint density at radius 1 is 1.06 bits per heavy atom. The molecule has 9 heteroatoms. The lowest BCUT2D eigenvalue weighted by atomic mass is 10.2. The summed E-state index contributed by atoms with van der Waals surface area (Å²) in [6, 6.07) is 15.8. The van der Waals surface area contributed by atoms with Crippen LogP contribution in [0.25, 0.3) is 6.08 Å². The van der Waals surface area contributed by atoms with Crippen molar-refractivity contribution in [1.82, 2.24) is 4.72 Å². The Bertz CT molecular complexity index is 1180. The summed E-state index contributed by atoms with van der Waals surface area (Å²) in [5.41, 5.74) is 1.41. The number of nitrogens with one attached hydrogen (secondary N) is 2. The average Bonchev–Trinajstić information content (AvgIpc) is 3.30. The molecule has 0 saturated carbocycles. The largest absolute Gasteiger partial charge is 0.468 e. The molecule has 1 aromatic heterocycles. The molecule has 1 heterocycles. The predicted octanol–water partition coefficient (Wildman–Crippen LogP) is 3.20. The summed E-state index contributed by atoms with van der Waals surface area (Å²) in [6.07, 6.45) is 4.33. The normalized spacial score (nSPS) is 11.4. The molecule has 0 aliphatic heterocycles. The smallest absolute Gasteiger partial charge is 0.337 e. The number of hydrogen-bond donors (Lipinski definition) is 2. The van der Waals surface area contributed by atoms with E-state index in [1.165, 1.54) is 37.6 Å². The Labute approximate surface area is 179 Å². The van der Waals surface area contributed by atoms with Crippen molar-refractivity contribution >= 4 is 33.7 Å². The van der Waals surface area contributed by atoms with Crippen LogP contribution >= 0.6 is 0 Å². The van der Waals surface area contributed by atoms with E-state index in [0.29, 0.717) is 22.6 Å². The second kappa shape index (κ2) is 9.88. The molecule has 31 heavy (non-hydrogen) atoms. The molecule has 0 bridgehead atoms. The Balaban J connectivity index is 1.60. The van der Waals surface area contributed by atoms with Crippen molar-refractivity contribution in [2.45, 2.75) is 11.4 Å². The van der Waals surface area contributed by atoms with Gasteiger partial charge >= 0.3 is 5.97 Å². The number of benzene rings is 2. The zero-order valence-corrected chi connectivity index (χ0v) is 17.4. The number of carbonyl (C=O) groups is 2. The lowest BCUT2D eigenvalue weighted by Crippen LogP contribution is -2.22. The molecule has 0 fully saturated rings. The van der Waals surface area contributed by atoms with Gasteiger partial charge in [0.05, 0.1) is 30.4 Å². The van der Waals surface area contributed by atoms with Crippen LogP contribution in [0, 0.1) is 0 Å². The van der Waals surface area contributed by atoms with Gasteiger partial charge in [-0.1, -0.05) is 18.2 Å². The van der Waals surface area contributed by atoms with Crippen molar-refractivity contribution in [2.75, 3.05) is 12.4 Å². The number of ether oxygens (including phenoxy) is 1. The highest BCUT2D eigenvalue weighted by Gasteiger charge is 2.14. The van der Waals surface area contributed by atoms with Crippen molar-refractivity contribution < 1.29 is 27.2 Å². The molecule has 0 aliphatic rings. The van der Waals surface area contributed by atoms with Gasteiger partial charge < -0.3 is 14.5 Å². The summed E-state index contributed by atoms with van der Waals surface area (Å²) >= 11 is 0. The van der Waals surface area contributed by atoms with Gasteiger partial charge in [-0.2, -0.15) is 0 Å². The fraction of sp³-hybridized carbons (Fsp3) is 0.0909. The maximum atomic E-state index is 12.3. The van der Waals surface area contributed by atoms with Gasteiger partial charge in [0, 0.05) is 11.8 Å². The fourth-order valence-electron chi connectivity index (χ4n) is 2.62. The van der Waals surface area contributed by atoms with Crippen LogP contribution in [0.5, 0.6) is 0 Å². The number of hydrogen-bond acceptors (Lipinski definition) is 6. The van der Waals surface area contributed by atoms with E-state index >= 15 is 0 Å². The molecule has 2 N–H and O–H groups in total. The molecule has 0 radical (unpaired) electrons. The molecular weight excluding hydrogens is 420 g/mol.